The van der Waals surface area contributed by atoms with E-state index in [0.717, 1.165) is 0 Å². The van der Waals surface area contributed by atoms with Crippen LogP contribution in [0.5, 0.6) is 5.75 Å². The van der Waals surface area contributed by atoms with Crippen LogP contribution in [-0.2, 0) is 0 Å². The quantitative estimate of drug-likeness (QED) is 0.762. The fraction of sp³-hybridized carbons (Fsp3) is 0.0625. The van der Waals surface area contributed by atoms with E-state index < -0.39 is 5.91 Å². The maximum Gasteiger partial charge on any atom is 0.274 e. The third kappa shape index (κ3) is 2.71. The molecule has 0 bridgehead atoms. The van der Waals surface area contributed by atoms with Gasteiger partial charge in [-0.3, -0.25) is 9.78 Å². The predicted octanol–water partition coefficient (Wildman–Crippen LogP) is 3.04. The van der Waals surface area contributed by atoms with Crippen LogP contribution >= 0.6 is 0 Å². The number of amides is 1. The molecule has 3 rings (SSSR count). The van der Waals surface area contributed by atoms with Crippen molar-refractivity contribution in [3.8, 4) is 5.75 Å². The number of aryl methyl sites for hydroxylation is 1. The Hall–Kier alpha value is -3.02. The third-order valence-corrected chi connectivity index (χ3v) is 3.20. The molecule has 0 fully saturated rings. The van der Waals surface area contributed by atoms with Gasteiger partial charge >= 0.3 is 0 Å². The van der Waals surface area contributed by atoms with E-state index in [1.165, 1.54) is 30.5 Å². The maximum atomic E-state index is 12.8. The van der Waals surface area contributed by atoms with E-state index in [-0.39, 0.29) is 17.3 Å². The van der Waals surface area contributed by atoms with Crippen molar-refractivity contribution in [3.05, 3.63) is 59.8 Å². The number of carbonyl (C=O) groups excluding carboxylic acids is 1. The number of hydrogen-bond acceptors (Lipinski definition) is 4. The van der Waals surface area contributed by atoms with Gasteiger partial charge < -0.3 is 10.4 Å². The molecule has 110 valence electrons. The lowest BCUT2D eigenvalue weighted by molar-refractivity contribution is 0.102. The molecule has 2 aromatic heterocycles. The van der Waals surface area contributed by atoms with Crippen LogP contribution in [0.15, 0.2) is 42.6 Å². The van der Waals surface area contributed by atoms with Crippen molar-refractivity contribution < 1.29 is 14.3 Å². The van der Waals surface area contributed by atoms with E-state index in [0.29, 0.717) is 22.3 Å². The molecule has 0 unspecified atom stereocenters. The summed E-state index contributed by atoms with van der Waals surface area (Å²) in [6.07, 6.45) is 1.47. The highest BCUT2D eigenvalue weighted by molar-refractivity contribution is 6.04. The number of nitrogens with zero attached hydrogens (tertiary/aromatic N) is 2. The van der Waals surface area contributed by atoms with Crippen molar-refractivity contribution in [1.82, 2.24) is 9.97 Å². The van der Waals surface area contributed by atoms with Gasteiger partial charge in [0.2, 0.25) is 0 Å². The van der Waals surface area contributed by atoms with Gasteiger partial charge in [-0.2, -0.15) is 0 Å². The van der Waals surface area contributed by atoms with Crippen LogP contribution in [0.3, 0.4) is 0 Å². The molecule has 0 aliphatic rings. The number of fused-ring (bicyclic) bond motifs is 1. The summed E-state index contributed by atoms with van der Waals surface area (Å²) in [7, 11) is 0. The molecule has 1 aromatic carbocycles. The molecule has 0 saturated heterocycles. The van der Waals surface area contributed by atoms with Crippen molar-refractivity contribution in [2.24, 2.45) is 0 Å². The van der Waals surface area contributed by atoms with Crippen LogP contribution in [0.4, 0.5) is 10.1 Å². The summed E-state index contributed by atoms with van der Waals surface area (Å²) in [5.41, 5.74) is 1.70. The van der Waals surface area contributed by atoms with Gasteiger partial charge in [0.15, 0.2) is 0 Å². The monoisotopic (exact) mass is 297 g/mol. The van der Waals surface area contributed by atoms with Gasteiger partial charge in [-0.25, -0.2) is 9.37 Å². The lowest BCUT2D eigenvalue weighted by atomic mass is 10.2. The maximum absolute atomic E-state index is 12.8. The summed E-state index contributed by atoms with van der Waals surface area (Å²) in [5, 5.41) is 12.9. The SMILES string of the molecule is Cc1nc2cc(C(=O)Nc3ccc(F)cc3)ncc2cc1O. The Morgan fingerprint density at radius 3 is 2.68 bits per heavy atom. The van der Waals surface area contributed by atoms with Gasteiger partial charge in [-0.05, 0) is 43.3 Å². The lowest BCUT2D eigenvalue weighted by Gasteiger charge is -2.06. The first-order valence-electron chi connectivity index (χ1n) is 6.56. The summed E-state index contributed by atoms with van der Waals surface area (Å²) in [4.78, 5) is 20.4. The topological polar surface area (TPSA) is 75.1 Å². The molecule has 0 radical (unpaired) electrons. The Labute approximate surface area is 125 Å². The number of carbonyl (C=O) groups is 1. The van der Waals surface area contributed by atoms with Crippen LogP contribution in [0, 0.1) is 12.7 Å². The number of benzene rings is 1. The highest BCUT2D eigenvalue weighted by Crippen LogP contribution is 2.21. The van der Waals surface area contributed by atoms with Crippen molar-refractivity contribution in [2.45, 2.75) is 6.92 Å². The minimum absolute atomic E-state index is 0.0813. The summed E-state index contributed by atoms with van der Waals surface area (Å²) in [6, 6.07) is 8.55. The van der Waals surface area contributed by atoms with Gasteiger partial charge in [0, 0.05) is 17.3 Å². The van der Waals surface area contributed by atoms with Crippen LogP contribution in [0.2, 0.25) is 0 Å². The lowest BCUT2D eigenvalue weighted by Crippen LogP contribution is -2.13. The van der Waals surface area contributed by atoms with E-state index in [2.05, 4.69) is 15.3 Å². The van der Waals surface area contributed by atoms with Crippen molar-refractivity contribution in [1.29, 1.82) is 0 Å². The molecule has 0 atom stereocenters. The zero-order valence-corrected chi connectivity index (χ0v) is 11.7. The molecule has 1 amide bonds. The third-order valence-electron chi connectivity index (χ3n) is 3.20. The highest BCUT2D eigenvalue weighted by Gasteiger charge is 2.10. The first-order chi connectivity index (χ1) is 10.5. The Morgan fingerprint density at radius 2 is 1.95 bits per heavy atom. The van der Waals surface area contributed by atoms with Gasteiger partial charge in [-0.1, -0.05) is 0 Å². The molecule has 0 spiro atoms. The Balaban J connectivity index is 1.90. The number of halogens is 1. The van der Waals surface area contributed by atoms with Crippen LogP contribution in [0.25, 0.3) is 10.9 Å². The molecule has 0 saturated carbocycles. The second-order valence-electron chi connectivity index (χ2n) is 4.82. The Bertz CT molecular complexity index is 863. The summed E-state index contributed by atoms with van der Waals surface area (Å²) in [6.45, 7) is 1.67. The average molecular weight is 297 g/mol. The van der Waals surface area contributed by atoms with Crippen LogP contribution < -0.4 is 5.32 Å². The molecule has 3 aromatic rings. The first kappa shape index (κ1) is 13.9. The van der Waals surface area contributed by atoms with E-state index in [1.807, 2.05) is 0 Å². The molecule has 2 heterocycles. The standard InChI is InChI=1S/C16H12FN3O2/c1-9-15(21)6-10-8-18-14(7-13(10)19-9)16(22)20-12-4-2-11(17)3-5-12/h2-8,21H,1H3,(H,20,22). The number of rotatable bonds is 2. The average Bonchev–Trinajstić information content (AvgIpc) is 2.50. The smallest absolute Gasteiger partial charge is 0.274 e. The van der Waals surface area contributed by atoms with E-state index in [9.17, 15) is 14.3 Å². The summed E-state index contributed by atoms with van der Waals surface area (Å²) < 4.78 is 12.8. The molecular formula is C16H12FN3O2. The number of aromatic hydroxyl groups is 1. The zero-order valence-electron chi connectivity index (χ0n) is 11.7. The van der Waals surface area contributed by atoms with E-state index in [1.54, 1.807) is 19.1 Å². The van der Waals surface area contributed by atoms with Crippen LogP contribution in [0.1, 0.15) is 16.2 Å². The number of hydrogen-bond donors (Lipinski definition) is 2. The van der Waals surface area contributed by atoms with Crippen molar-refractivity contribution in [2.75, 3.05) is 5.32 Å². The Kier molecular flexibility index (Phi) is 3.42. The van der Waals surface area contributed by atoms with Crippen molar-refractivity contribution >= 4 is 22.5 Å². The largest absolute Gasteiger partial charge is 0.506 e. The number of anilines is 1. The number of pyridine rings is 2. The number of nitrogens with one attached hydrogen (secondary N) is 1. The first-order valence-corrected chi connectivity index (χ1v) is 6.56. The van der Waals surface area contributed by atoms with Gasteiger partial charge in [0.25, 0.3) is 5.91 Å². The molecule has 22 heavy (non-hydrogen) atoms. The zero-order chi connectivity index (χ0) is 15.7. The Morgan fingerprint density at radius 1 is 1.23 bits per heavy atom. The molecule has 6 heteroatoms. The fourth-order valence-electron chi connectivity index (χ4n) is 2.01. The number of aromatic nitrogens is 2. The van der Waals surface area contributed by atoms with Gasteiger partial charge in [0.1, 0.15) is 17.3 Å². The highest BCUT2D eigenvalue weighted by atomic mass is 19.1. The molecule has 0 aliphatic heterocycles. The van der Waals surface area contributed by atoms with Gasteiger partial charge in [0.05, 0.1) is 11.2 Å². The summed E-state index contributed by atoms with van der Waals surface area (Å²) >= 11 is 0. The summed E-state index contributed by atoms with van der Waals surface area (Å²) in [5.74, 6) is -0.708. The van der Waals surface area contributed by atoms with E-state index in [4.69, 9.17) is 0 Å². The second-order valence-corrected chi connectivity index (χ2v) is 4.82. The predicted molar refractivity (Wildman–Crippen MR) is 80.3 cm³/mol. The van der Waals surface area contributed by atoms with Crippen LogP contribution in [-0.4, -0.2) is 21.0 Å². The minimum Gasteiger partial charge on any atom is -0.506 e. The molecule has 0 aliphatic carbocycles. The van der Waals surface area contributed by atoms with Gasteiger partial charge in [-0.15, -0.1) is 0 Å². The fourth-order valence-corrected chi connectivity index (χ4v) is 2.01. The minimum atomic E-state index is -0.416. The molecular weight excluding hydrogens is 285 g/mol. The van der Waals surface area contributed by atoms with E-state index >= 15 is 0 Å². The molecule has 2 N–H and O–H groups in total. The van der Waals surface area contributed by atoms with Crippen molar-refractivity contribution in [3.63, 3.8) is 0 Å². The normalized spacial score (nSPS) is 10.6. The molecule has 5 nitrogen and oxygen atoms in total. The second kappa shape index (κ2) is 5.40.